The molecule has 108 valence electrons. The van der Waals surface area contributed by atoms with Gasteiger partial charge < -0.3 is 10.4 Å². The molecule has 0 aliphatic carbocycles. The monoisotopic (exact) mass is 359 g/mol. The second-order valence-electron chi connectivity index (χ2n) is 4.14. The van der Waals surface area contributed by atoms with E-state index in [2.05, 4.69) is 15.0 Å². The van der Waals surface area contributed by atoms with Crippen molar-refractivity contribution in [2.75, 3.05) is 5.32 Å². The molecule has 1 aliphatic rings. The van der Waals surface area contributed by atoms with Gasteiger partial charge in [-0.25, -0.2) is 4.99 Å². The number of hydrogen-bond donors (Lipinski definition) is 3. The minimum atomic E-state index is -0.147. The average Bonchev–Trinajstić information content (AvgIpc) is 2.48. The number of benzene rings is 2. The molecule has 0 saturated carbocycles. The van der Waals surface area contributed by atoms with Gasteiger partial charge in [0, 0.05) is 0 Å². The number of halogens is 3. The summed E-state index contributed by atoms with van der Waals surface area (Å²) in [5, 5.41) is 14.0. The molecule has 0 spiro atoms. The lowest BCUT2D eigenvalue weighted by Crippen LogP contribution is -2.27. The lowest BCUT2D eigenvalue weighted by molar-refractivity contribution is 0.475. The van der Waals surface area contributed by atoms with Crippen LogP contribution in [0.5, 0.6) is 5.75 Å². The summed E-state index contributed by atoms with van der Waals surface area (Å²) < 4.78 is 3.01. The lowest BCUT2D eigenvalue weighted by Gasteiger charge is -2.19. The fourth-order valence-electron chi connectivity index (χ4n) is 1.75. The molecule has 4 nitrogen and oxygen atoms in total. The Morgan fingerprint density at radius 1 is 1.14 bits per heavy atom. The van der Waals surface area contributed by atoms with Crippen molar-refractivity contribution in [3.63, 3.8) is 0 Å². The maximum atomic E-state index is 10.0. The fraction of sp³-hybridized carbons (Fsp3) is 0. The smallest absolute Gasteiger partial charge is 0.211 e. The van der Waals surface area contributed by atoms with E-state index in [-0.39, 0.29) is 15.8 Å². The van der Waals surface area contributed by atoms with Gasteiger partial charge in [-0.1, -0.05) is 46.9 Å². The first-order valence-electron chi connectivity index (χ1n) is 5.80. The number of para-hydroxylation sites is 1. The first kappa shape index (κ1) is 14.7. The summed E-state index contributed by atoms with van der Waals surface area (Å²) in [6.07, 6.45) is 0. The summed E-state index contributed by atoms with van der Waals surface area (Å²) in [5.74, 6) is 0.293. The Bertz CT molecular complexity index is 752. The number of aliphatic imine (C=N–C) groups is 1. The van der Waals surface area contributed by atoms with Crippen LogP contribution in [0.2, 0.25) is 15.1 Å². The van der Waals surface area contributed by atoms with Crippen LogP contribution in [-0.2, 0) is 0 Å². The van der Waals surface area contributed by atoms with E-state index in [4.69, 9.17) is 34.8 Å². The predicted molar refractivity (Wildman–Crippen MR) is 89.3 cm³/mol. The van der Waals surface area contributed by atoms with E-state index in [1.165, 1.54) is 11.9 Å². The van der Waals surface area contributed by atoms with Crippen LogP contribution in [0.4, 0.5) is 11.4 Å². The first-order valence-corrected chi connectivity index (χ1v) is 7.75. The second kappa shape index (κ2) is 5.85. The van der Waals surface area contributed by atoms with Crippen LogP contribution >= 0.6 is 46.8 Å². The summed E-state index contributed by atoms with van der Waals surface area (Å²) in [4.78, 5) is 4.99. The maximum Gasteiger partial charge on any atom is 0.211 e. The molecule has 1 aliphatic heterocycles. The Kier molecular flexibility index (Phi) is 4.08. The number of hydrogen-bond acceptors (Lipinski definition) is 5. The van der Waals surface area contributed by atoms with Gasteiger partial charge in [-0.2, -0.15) is 0 Å². The Morgan fingerprint density at radius 3 is 2.67 bits per heavy atom. The summed E-state index contributed by atoms with van der Waals surface area (Å²) in [6.45, 7) is 0. The fourth-order valence-corrected chi connectivity index (χ4v) is 3.06. The summed E-state index contributed by atoms with van der Waals surface area (Å²) in [6, 6.07) is 8.92. The van der Waals surface area contributed by atoms with Gasteiger partial charge in [0.15, 0.2) is 5.75 Å². The van der Waals surface area contributed by atoms with E-state index in [0.717, 1.165) is 0 Å². The van der Waals surface area contributed by atoms with Crippen molar-refractivity contribution in [3.05, 3.63) is 45.4 Å². The third-order valence-corrected chi connectivity index (χ3v) is 4.67. The van der Waals surface area contributed by atoms with E-state index in [0.29, 0.717) is 27.3 Å². The number of phenols is 1. The highest BCUT2D eigenvalue weighted by Gasteiger charge is 2.20. The molecule has 0 atom stereocenters. The van der Waals surface area contributed by atoms with Crippen molar-refractivity contribution in [3.8, 4) is 5.75 Å². The maximum absolute atomic E-state index is 10.0. The number of nitrogens with one attached hydrogen (secondary N) is 2. The van der Waals surface area contributed by atoms with E-state index in [1.54, 1.807) is 12.1 Å². The highest BCUT2D eigenvalue weighted by molar-refractivity contribution is 7.98. The van der Waals surface area contributed by atoms with Gasteiger partial charge in [-0.3, -0.25) is 4.72 Å². The molecule has 3 rings (SSSR count). The largest absolute Gasteiger partial charge is 0.504 e. The number of nitrogens with zero attached hydrogens (tertiary/aromatic N) is 1. The van der Waals surface area contributed by atoms with Crippen LogP contribution in [0.3, 0.4) is 0 Å². The summed E-state index contributed by atoms with van der Waals surface area (Å²) >= 11 is 19.2. The molecule has 0 amide bonds. The van der Waals surface area contributed by atoms with Crippen LogP contribution in [0.15, 0.2) is 40.2 Å². The van der Waals surface area contributed by atoms with E-state index in [1.807, 2.05) is 18.2 Å². The third-order valence-electron chi connectivity index (χ3n) is 2.74. The van der Waals surface area contributed by atoms with Crippen LogP contribution in [0.25, 0.3) is 0 Å². The van der Waals surface area contributed by atoms with Gasteiger partial charge in [0.2, 0.25) is 5.96 Å². The molecular formula is C13H8Cl3N3OS. The standard InChI is InChI=1S/C13H8Cl3N3OS/c14-6-3-1-2-4-8(6)17-13-18-11-9(21-19-13)5-7(15)10(16)12(11)20/h1-5,20H,(H2,17,18,19). The SMILES string of the molecule is Oc1c(Cl)c(Cl)cc2c1N=C(Nc1ccccc1Cl)NS2. The van der Waals surface area contributed by atoms with E-state index < -0.39 is 0 Å². The Labute approximate surface area is 140 Å². The highest BCUT2D eigenvalue weighted by atomic mass is 35.5. The highest BCUT2D eigenvalue weighted by Crippen LogP contribution is 2.46. The van der Waals surface area contributed by atoms with Gasteiger partial charge >= 0.3 is 0 Å². The molecule has 0 bridgehead atoms. The third kappa shape index (κ3) is 2.87. The topological polar surface area (TPSA) is 56.7 Å². The number of phenolic OH excluding ortho intramolecular Hbond substituents is 1. The van der Waals surface area contributed by atoms with Crippen molar-refractivity contribution in [2.24, 2.45) is 4.99 Å². The van der Waals surface area contributed by atoms with E-state index in [9.17, 15) is 5.11 Å². The first-order chi connectivity index (χ1) is 10.1. The Hall–Kier alpha value is -1.27. The number of guanidine groups is 1. The van der Waals surface area contributed by atoms with Crippen molar-refractivity contribution < 1.29 is 5.11 Å². The molecule has 21 heavy (non-hydrogen) atoms. The zero-order chi connectivity index (χ0) is 15.0. The van der Waals surface area contributed by atoms with Gasteiger partial charge in [0.25, 0.3) is 0 Å². The van der Waals surface area contributed by atoms with Crippen molar-refractivity contribution in [1.82, 2.24) is 4.72 Å². The quantitative estimate of drug-likeness (QED) is 0.622. The summed E-state index contributed by atoms with van der Waals surface area (Å²) in [7, 11) is 0. The van der Waals surface area contributed by atoms with Gasteiger partial charge in [-0.15, -0.1) is 0 Å². The molecule has 0 radical (unpaired) electrons. The Morgan fingerprint density at radius 2 is 1.90 bits per heavy atom. The van der Waals surface area contributed by atoms with Gasteiger partial charge in [0.05, 0.1) is 20.6 Å². The minimum absolute atomic E-state index is 0.0822. The lowest BCUT2D eigenvalue weighted by atomic mass is 10.3. The number of rotatable bonds is 1. The molecule has 2 aromatic rings. The van der Waals surface area contributed by atoms with Crippen molar-refractivity contribution in [2.45, 2.75) is 4.90 Å². The molecule has 3 N–H and O–H groups in total. The number of fused-ring (bicyclic) bond motifs is 1. The molecule has 2 aromatic carbocycles. The summed E-state index contributed by atoms with van der Waals surface area (Å²) in [5.41, 5.74) is 1.07. The molecule has 0 aromatic heterocycles. The van der Waals surface area contributed by atoms with Crippen molar-refractivity contribution >= 4 is 64.1 Å². The predicted octanol–water partition coefficient (Wildman–Crippen LogP) is 5.06. The number of aromatic hydroxyl groups is 1. The zero-order valence-corrected chi connectivity index (χ0v) is 13.4. The van der Waals surface area contributed by atoms with Gasteiger partial charge in [-0.05, 0) is 30.1 Å². The van der Waals surface area contributed by atoms with Crippen molar-refractivity contribution in [1.29, 1.82) is 0 Å². The Balaban J connectivity index is 1.97. The molecule has 0 fully saturated rings. The van der Waals surface area contributed by atoms with Crippen LogP contribution in [-0.4, -0.2) is 11.1 Å². The molecule has 0 saturated heterocycles. The average molecular weight is 361 g/mol. The second-order valence-corrected chi connectivity index (χ2v) is 6.18. The number of anilines is 1. The molecule has 1 heterocycles. The van der Waals surface area contributed by atoms with Gasteiger partial charge in [0.1, 0.15) is 10.7 Å². The zero-order valence-electron chi connectivity index (χ0n) is 10.3. The van der Waals surface area contributed by atoms with Crippen LogP contribution < -0.4 is 10.0 Å². The molecular weight excluding hydrogens is 353 g/mol. The van der Waals surface area contributed by atoms with E-state index >= 15 is 0 Å². The van der Waals surface area contributed by atoms with Crippen LogP contribution in [0.1, 0.15) is 0 Å². The molecule has 0 unspecified atom stereocenters. The normalized spacial score (nSPS) is 13.2. The molecule has 8 heteroatoms. The van der Waals surface area contributed by atoms with Crippen LogP contribution in [0, 0.1) is 0 Å². The minimum Gasteiger partial charge on any atom is -0.504 e.